The number of amides is 2. The number of nitrogens with zero attached hydrogens (tertiary/aromatic N) is 3. The van der Waals surface area contributed by atoms with E-state index < -0.39 is 63.3 Å². The maximum atomic E-state index is 13.9. The third-order valence-electron chi connectivity index (χ3n) is 8.25. The number of rotatable bonds is 7. The van der Waals surface area contributed by atoms with Crippen LogP contribution in [-0.4, -0.2) is 80.7 Å². The van der Waals surface area contributed by atoms with Crippen molar-refractivity contribution >= 4 is 27.3 Å². The molecule has 1 saturated carbocycles. The van der Waals surface area contributed by atoms with Gasteiger partial charge in [-0.3, -0.25) is 14.5 Å². The number of anilines is 1. The Labute approximate surface area is 246 Å². The Morgan fingerprint density at radius 3 is 2.23 bits per heavy atom. The van der Waals surface area contributed by atoms with Gasteiger partial charge in [0.15, 0.2) is 9.84 Å². The minimum absolute atomic E-state index is 0.00340. The largest absolute Gasteiger partial charge is 0.471 e. The molecule has 7 nitrogen and oxygen atoms in total. The number of carbonyl (C=O) groups is 2. The summed E-state index contributed by atoms with van der Waals surface area (Å²) in [4.78, 5) is 30.1. The number of benzene rings is 2. The molecule has 0 unspecified atom stereocenters. The molecule has 2 aromatic carbocycles. The zero-order valence-corrected chi connectivity index (χ0v) is 24.4. The van der Waals surface area contributed by atoms with E-state index in [2.05, 4.69) is 0 Å². The van der Waals surface area contributed by atoms with Gasteiger partial charge in [-0.1, -0.05) is 24.3 Å². The molecule has 0 spiro atoms. The highest BCUT2D eigenvalue weighted by Crippen LogP contribution is 2.38. The molecule has 1 saturated heterocycles. The van der Waals surface area contributed by atoms with E-state index in [-0.39, 0.29) is 41.0 Å². The van der Waals surface area contributed by atoms with Crippen LogP contribution in [0.5, 0.6) is 0 Å². The van der Waals surface area contributed by atoms with Crippen molar-refractivity contribution in [2.75, 3.05) is 31.3 Å². The van der Waals surface area contributed by atoms with Gasteiger partial charge in [-0.05, 0) is 82.4 Å². The van der Waals surface area contributed by atoms with Crippen molar-refractivity contribution in [1.82, 2.24) is 9.80 Å². The molecule has 0 aromatic heterocycles. The van der Waals surface area contributed by atoms with E-state index in [4.69, 9.17) is 0 Å². The number of alkyl halides is 6. The van der Waals surface area contributed by atoms with Crippen molar-refractivity contribution in [1.29, 1.82) is 0 Å². The zero-order valence-electron chi connectivity index (χ0n) is 23.6. The summed E-state index contributed by atoms with van der Waals surface area (Å²) < 4.78 is 108. The van der Waals surface area contributed by atoms with Crippen molar-refractivity contribution in [2.24, 2.45) is 5.92 Å². The minimum Gasteiger partial charge on any atom is -0.338 e. The Hall–Kier alpha value is -3.13. The van der Waals surface area contributed by atoms with Crippen LogP contribution in [0.3, 0.4) is 0 Å². The number of likely N-dealkylation sites (tertiary alicyclic amines) is 1. The minimum atomic E-state index is -5.47. The van der Waals surface area contributed by atoms with E-state index in [1.807, 2.05) is 19.0 Å². The van der Waals surface area contributed by atoms with Crippen molar-refractivity contribution < 1.29 is 44.3 Å². The highest BCUT2D eigenvalue weighted by atomic mass is 32.2. The van der Waals surface area contributed by atoms with Crippen LogP contribution in [0.1, 0.15) is 37.7 Å². The van der Waals surface area contributed by atoms with Crippen molar-refractivity contribution in [3.63, 3.8) is 0 Å². The smallest absolute Gasteiger partial charge is 0.338 e. The van der Waals surface area contributed by atoms with Crippen LogP contribution in [0.4, 0.5) is 32.0 Å². The fraction of sp³-hybridized carbons (Fsp3) is 0.517. The third-order valence-corrected chi connectivity index (χ3v) is 10.1. The van der Waals surface area contributed by atoms with Gasteiger partial charge in [0.25, 0.3) is 0 Å². The quantitative estimate of drug-likeness (QED) is 0.394. The van der Waals surface area contributed by atoms with E-state index in [0.29, 0.717) is 31.4 Å². The second-order valence-corrected chi connectivity index (χ2v) is 13.3. The van der Waals surface area contributed by atoms with E-state index >= 15 is 0 Å². The summed E-state index contributed by atoms with van der Waals surface area (Å²) in [5, 5.41) is 0. The van der Waals surface area contributed by atoms with Gasteiger partial charge in [0, 0.05) is 24.3 Å². The molecule has 236 valence electrons. The zero-order chi connectivity index (χ0) is 31.7. The molecular weight excluding hydrogens is 600 g/mol. The monoisotopic (exact) mass is 633 g/mol. The molecule has 1 heterocycles. The van der Waals surface area contributed by atoms with Crippen molar-refractivity contribution in [2.45, 2.75) is 67.5 Å². The van der Waals surface area contributed by atoms with Gasteiger partial charge < -0.3 is 9.80 Å². The summed E-state index contributed by atoms with van der Waals surface area (Å²) in [5.41, 5.74) is -1.96. The SMILES string of the molecule is CN(C)[C@@H]1CC[C@H](N2CCC[C@H](N(C(=O)C(F)(F)F)c3cccc(C(F)(F)F)c3)C2=O)[C@@H](CS(=O)(=O)c2ccccc2)C1. The Morgan fingerprint density at radius 2 is 1.63 bits per heavy atom. The number of hydrogen-bond acceptors (Lipinski definition) is 5. The van der Waals surface area contributed by atoms with Gasteiger partial charge >= 0.3 is 18.3 Å². The molecule has 43 heavy (non-hydrogen) atoms. The van der Waals surface area contributed by atoms with Crippen LogP contribution < -0.4 is 4.90 Å². The molecule has 4 rings (SSSR count). The van der Waals surface area contributed by atoms with E-state index in [1.54, 1.807) is 18.2 Å². The molecule has 1 aliphatic carbocycles. The molecule has 14 heteroatoms. The van der Waals surface area contributed by atoms with Gasteiger partial charge in [0.05, 0.1) is 16.2 Å². The molecule has 0 bridgehead atoms. The molecule has 2 fully saturated rings. The standard InChI is InChI=1S/C29H33F6N3O4S/c1-36(2)21-13-14-24(19(16-21)18-43(41,42)23-10-4-3-5-11-23)37-15-7-12-25(26(37)39)38(27(40)29(33,34)35)22-9-6-8-20(17-22)28(30,31)32/h3-6,8-11,17,19,21,24-25H,7,12-16,18H2,1-2H3/t19-,21-,24+,25+/m1/s1. The molecular formula is C29H33F6N3O4S. The molecule has 4 atom stereocenters. The van der Waals surface area contributed by atoms with Gasteiger partial charge in [-0.2, -0.15) is 26.3 Å². The first-order valence-electron chi connectivity index (χ1n) is 13.8. The van der Waals surface area contributed by atoms with Gasteiger partial charge in [-0.25, -0.2) is 8.42 Å². The maximum Gasteiger partial charge on any atom is 0.471 e. The first kappa shape index (κ1) is 32.8. The Kier molecular flexibility index (Phi) is 9.50. The topological polar surface area (TPSA) is 78.0 Å². The summed E-state index contributed by atoms with van der Waals surface area (Å²) >= 11 is 0. The summed E-state index contributed by atoms with van der Waals surface area (Å²) in [7, 11) is -0.0934. The second-order valence-electron chi connectivity index (χ2n) is 11.3. The summed E-state index contributed by atoms with van der Waals surface area (Å²) in [5.74, 6) is -4.18. The van der Waals surface area contributed by atoms with Crippen LogP contribution in [0.15, 0.2) is 59.5 Å². The van der Waals surface area contributed by atoms with Crippen LogP contribution >= 0.6 is 0 Å². The number of hydrogen-bond donors (Lipinski definition) is 0. The van der Waals surface area contributed by atoms with Gasteiger partial charge in [0.1, 0.15) is 6.04 Å². The lowest BCUT2D eigenvalue weighted by Gasteiger charge is -2.47. The number of carbonyl (C=O) groups excluding carboxylic acids is 2. The Bertz CT molecular complexity index is 1420. The van der Waals surface area contributed by atoms with Crippen LogP contribution in [-0.2, 0) is 25.6 Å². The second kappa shape index (κ2) is 12.5. The van der Waals surface area contributed by atoms with Crippen molar-refractivity contribution in [3.05, 3.63) is 60.2 Å². The predicted molar refractivity (Wildman–Crippen MR) is 147 cm³/mol. The summed E-state index contributed by atoms with van der Waals surface area (Å²) in [6.07, 6.45) is -9.03. The fourth-order valence-corrected chi connectivity index (χ4v) is 7.83. The summed E-state index contributed by atoms with van der Waals surface area (Å²) in [6, 6.07) is 8.31. The number of piperidine rings is 1. The number of sulfone groups is 1. The molecule has 0 N–H and O–H groups in total. The van der Waals surface area contributed by atoms with Crippen molar-refractivity contribution in [3.8, 4) is 0 Å². The third kappa shape index (κ3) is 7.34. The molecule has 2 aliphatic rings. The predicted octanol–water partition coefficient (Wildman–Crippen LogP) is 5.16. The molecule has 1 aliphatic heterocycles. The van der Waals surface area contributed by atoms with E-state index in [1.165, 1.54) is 17.0 Å². The number of halogens is 6. The molecule has 2 amide bonds. The normalized spacial score (nSPS) is 23.8. The first-order valence-corrected chi connectivity index (χ1v) is 15.5. The fourth-order valence-electron chi connectivity index (χ4n) is 6.14. The lowest BCUT2D eigenvalue weighted by Crippen LogP contribution is -2.61. The lowest BCUT2D eigenvalue weighted by molar-refractivity contribution is -0.172. The Morgan fingerprint density at radius 1 is 0.953 bits per heavy atom. The first-order chi connectivity index (χ1) is 20.0. The average Bonchev–Trinajstić information content (AvgIpc) is 2.94. The van der Waals surface area contributed by atoms with Crippen LogP contribution in [0, 0.1) is 5.92 Å². The lowest BCUT2D eigenvalue weighted by atomic mass is 9.80. The highest BCUT2D eigenvalue weighted by Gasteiger charge is 2.50. The molecule has 0 radical (unpaired) electrons. The van der Waals surface area contributed by atoms with Gasteiger partial charge in [0.2, 0.25) is 5.91 Å². The Balaban J connectivity index is 1.70. The average molecular weight is 634 g/mol. The van der Waals surface area contributed by atoms with E-state index in [9.17, 15) is 44.3 Å². The van der Waals surface area contributed by atoms with Crippen LogP contribution in [0.25, 0.3) is 0 Å². The molecule has 2 aromatic rings. The maximum absolute atomic E-state index is 13.9. The highest BCUT2D eigenvalue weighted by molar-refractivity contribution is 7.91. The van der Waals surface area contributed by atoms with E-state index in [0.717, 1.165) is 12.1 Å². The van der Waals surface area contributed by atoms with Crippen LogP contribution in [0.2, 0.25) is 0 Å². The summed E-state index contributed by atoms with van der Waals surface area (Å²) in [6.45, 7) is 0.116. The van der Waals surface area contributed by atoms with Gasteiger partial charge in [-0.15, -0.1) is 0 Å².